The Hall–Kier alpha value is 0.270. The van der Waals surface area contributed by atoms with Gasteiger partial charge < -0.3 is 0 Å². The van der Waals surface area contributed by atoms with Gasteiger partial charge in [0.1, 0.15) is 0 Å². The lowest BCUT2D eigenvalue weighted by atomic mass is 9.99. The number of rotatable bonds is 9. The van der Waals surface area contributed by atoms with Gasteiger partial charge >= 0.3 is 0 Å². The summed E-state index contributed by atoms with van der Waals surface area (Å²) < 4.78 is 0. The van der Waals surface area contributed by atoms with E-state index in [9.17, 15) is 0 Å². The highest BCUT2D eigenvalue weighted by molar-refractivity contribution is 7.76. The smallest absolute Gasteiger partial charge is 0.0411 e. The van der Waals surface area contributed by atoms with Crippen molar-refractivity contribution in [3.63, 3.8) is 0 Å². The van der Waals surface area contributed by atoms with Crippen molar-refractivity contribution < 1.29 is 0 Å². The van der Waals surface area contributed by atoms with Crippen LogP contribution in [0.1, 0.15) is 155 Å². The molecular weight excluding hydrogens is 448 g/mol. The summed E-state index contributed by atoms with van der Waals surface area (Å²) in [6.07, 6.45) is 34.9. The van der Waals surface area contributed by atoms with Gasteiger partial charge in [0.2, 0.25) is 0 Å². The highest BCUT2D eigenvalue weighted by atomic mass is 31.1. The fourth-order valence-electron chi connectivity index (χ4n) is 7.75. The van der Waals surface area contributed by atoms with Crippen LogP contribution in [0, 0.1) is 0 Å². The fourth-order valence-corrected chi connectivity index (χ4v) is 15.5. The Kier molecular flexibility index (Phi) is 11.9. The van der Waals surface area contributed by atoms with Crippen LogP contribution in [0.5, 0.6) is 0 Å². The maximum atomic E-state index is 5.57. The predicted molar refractivity (Wildman–Crippen MR) is 157 cm³/mol. The van der Waals surface area contributed by atoms with Crippen molar-refractivity contribution in [1.29, 1.82) is 0 Å². The van der Waals surface area contributed by atoms with Crippen LogP contribution in [0.4, 0.5) is 0 Å². The Morgan fingerprint density at radius 2 is 0.882 bits per heavy atom. The van der Waals surface area contributed by atoms with Crippen LogP contribution < -0.4 is 0 Å². The molecule has 34 heavy (non-hydrogen) atoms. The van der Waals surface area contributed by atoms with Crippen LogP contribution >= 0.6 is 15.8 Å². The fraction of sp³-hybridized carbons (Fsp3) is 0.903. The van der Waals surface area contributed by atoms with Crippen LogP contribution in [-0.4, -0.2) is 28.1 Å². The molecule has 194 valence electrons. The third-order valence-electron chi connectivity index (χ3n) is 9.54. The van der Waals surface area contributed by atoms with E-state index in [2.05, 4.69) is 20.0 Å². The molecule has 0 unspecified atom stereocenters. The summed E-state index contributed by atoms with van der Waals surface area (Å²) in [5, 5.41) is 1.81. The average molecular weight is 504 g/mol. The first-order chi connectivity index (χ1) is 16.8. The van der Waals surface area contributed by atoms with E-state index < -0.39 is 0 Å². The van der Waals surface area contributed by atoms with Crippen molar-refractivity contribution in [2.45, 2.75) is 178 Å². The molecule has 0 aliphatic heterocycles. The Morgan fingerprint density at radius 3 is 1.21 bits per heavy atom. The molecule has 0 heterocycles. The van der Waals surface area contributed by atoms with Gasteiger partial charge in [-0.05, 0) is 92.2 Å². The lowest BCUT2D eigenvalue weighted by molar-refractivity contribution is 0.485. The standard InChI is InChI=1S/C31H55NP2/c1-3-26(33(27-17-9-5-10-18-27)28-19-11-6-12-20-28)25-32-31(4-2)34(29-21-13-7-14-22-29)30-23-15-8-16-24-30/h25,27-30H,3-24H2,1-2H3/b26-25-,32-31-. The van der Waals surface area contributed by atoms with E-state index in [4.69, 9.17) is 4.99 Å². The second-order valence-corrected chi connectivity index (χ2v) is 17.5. The van der Waals surface area contributed by atoms with Crippen LogP contribution in [-0.2, 0) is 0 Å². The summed E-state index contributed by atoms with van der Waals surface area (Å²) in [6, 6.07) is 0. The van der Waals surface area contributed by atoms with Crippen molar-refractivity contribution >= 4 is 21.3 Å². The van der Waals surface area contributed by atoms with Gasteiger partial charge in [-0.15, -0.1) is 0 Å². The van der Waals surface area contributed by atoms with Crippen molar-refractivity contribution in [3.05, 3.63) is 11.5 Å². The molecule has 0 saturated heterocycles. The van der Waals surface area contributed by atoms with Gasteiger partial charge in [-0.1, -0.05) is 107 Å². The normalized spacial score (nSPS) is 26.0. The SMILES string of the molecule is CC/C(=C/N=C(/CC)P(C1CCCCC1)C1CCCCC1)P(C1CCCCC1)C1CCCCC1. The van der Waals surface area contributed by atoms with Gasteiger partial charge in [0.15, 0.2) is 0 Å². The lowest BCUT2D eigenvalue weighted by Gasteiger charge is -2.40. The molecule has 0 aromatic carbocycles. The molecule has 0 spiro atoms. The maximum absolute atomic E-state index is 5.57. The Balaban J connectivity index is 1.60. The number of allylic oxidation sites excluding steroid dienone is 1. The van der Waals surface area contributed by atoms with Crippen molar-refractivity contribution in [2.75, 3.05) is 0 Å². The van der Waals surface area contributed by atoms with E-state index in [1.807, 2.05) is 5.31 Å². The predicted octanol–water partition coefficient (Wildman–Crippen LogP) is 11.3. The zero-order valence-electron chi connectivity index (χ0n) is 22.8. The minimum absolute atomic E-state index is 0.0168. The number of aliphatic imine (C=N–C) groups is 1. The van der Waals surface area contributed by atoms with E-state index in [1.165, 1.54) is 141 Å². The molecule has 0 radical (unpaired) electrons. The molecule has 0 amide bonds. The summed E-state index contributed by atoms with van der Waals surface area (Å²) >= 11 is 0. The first-order valence-corrected chi connectivity index (χ1v) is 18.6. The Morgan fingerprint density at radius 1 is 0.529 bits per heavy atom. The summed E-state index contributed by atoms with van der Waals surface area (Å²) in [6.45, 7) is 4.89. The third-order valence-corrected chi connectivity index (χ3v) is 16.9. The van der Waals surface area contributed by atoms with E-state index in [1.54, 1.807) is 5.45 Å². The Labute approximate surface area is 215 Å². The van der Waals surface area contributed by atoms with Gasteiger partial charge in [0.05, 0.1) is 0 Å². The summed E-state index contributed by atoms with van der Waals surface area (Å²) in [7, 11) is -0.0150. The zero-order valence-corrected chi connectivity index (χ0v) is 24.6. The van der Waals surface area contributed by atoms with E-state index in [0.717, 1.165) is 22.6 Å². The molecule has 0 bridgehead atoms. The second-order valence-electron chi connectivity index (χ2n) is 11.9. The minimum Gasteiger partial charge on any atom is -0.261 e. The maximum Gasteiger partial charge on any atom is 0.0411 e. The molecule has 4 fully saturated rings. The molecule has 4 saturated carbocycles. The van der Waals surface area contributed by atoms with Crippen LogP contribution in [0.15, 0.2) is 16.5 Å². The molecule has 0 atom stereocenters. The molecule has 1 nitrogen and oxygen atoms in total. The molecule has 4 aliphatic rings. The molecule has 0 aromatic heterocycles. The minimum atomic E-state index is -0.0318. The van der Waals surface area contributed by atoms with E-state index >= 15 is 0 Å². The molecule has 0 N–H and O–H groups in total. The molecule has 4 aliphatic carbocycles. The van der Waals surface area contributed by atoms with Crippen molar-refractivity contribution in [1.82, 2.24) is 0 Å². The van der Waals surface area contributed by atoms with Gasteiger partial charge in [0.25, 0.3) is 0 Å². The van der Waals surface area contributed by atoms with E-state index in [-0.39, 0.29) is 15.8 Å². The molecule has 4 rings (SSSR count). The quantitative estimate of drug-likeness (QED) is 0.219. The number of hydrogen-bond donors (Lipinski definition) is 0. The largest absolute Gasteiger partial charge is 0.261 e. The summed E-state index contributed by atoms with van der Waals surface area (Å²) in [5.41, 5.74) is 5.67. The van der Waals surface area contributed by atoms with Crippen LogP contribution in [0.2, 0.25) is 0 Å². The topological polar surface area (TPSA) is 12.4 Å². The van der Waals surface area contributed by atoms with Gasteiger partial charge in [0, 0.05) is 11.7 Å². The van der Waals surface area contributed by atoms with Gasteiger partial charge in [-0.2, -0.15) is 0 Å². The number of hydrogen-bond acceptors (Lipinski definition) is 1. The zero-order chi connectivity index (χ0) is 23.6. The van der Waals surface area contributed by atoms with Gasteiger partial charge in [-0.3, -0.25) is 4.99 Å². The number of nitrogens with zero attached hydrogens (tertiary/aromatic N) is 1. The summed E-state index contributed by atoms with van der Waals surface area (Å²) in [5.74, 6) is 0. The van der Waals surface area contributed by atoms with Crippen LogP contribution in [0.3, 0.4) is 0 Å². The first-order valence-electron chi connectivity index (χ1n) is 15.6. The molecule has 0 aromatic rings. The van der Waals surface area contributed by atoms with Gasteiger partial charge in [-0.25, -0.2) is 0 Å². The lowest BCUT2D eigenvalue weighted by Crippen LogP contribution is -2.24. The monoisotopic (exact) mass is 503 g/mol. The highest BCUT2D eigenvalue weighted by Gasteiger charge is 2.35. The average Bonchev–Trinajstić information content (AvgIpc) is 2.92. The van der Waals surface area contributed by atoms with E-state index in [0.29, 0.717) is 0 Å². The molecular formula is C31H55NP2. The van der Waals surface area contributed by atoms with Crippen LogP contribution in [0.25, 0.3) is 0 Å². The molecule has 3 heteroatoms. The Bertz CT molecular complexity index is 540. The van der Waals surface area contributed by atoms with Crippen molar-refractivity contribution in [2.24, 2.45) is 4.99 Å². The van der Waals surface area contributed by atoms with Crippen molar-refractivity contribution in [3.8, 4) is 0 Å². The third kappa shape index (κ3) is 7.41. The first kappa shape index (κ1) is 27.3. The second kappa shape index (κ2) is 14.9. The summed E-state index contributed by atoms with van der Waals surface area (Å²) in [4.78, 5) is 5.57. The highest BCUT2D eigenvalue weighted by Crippen LogP contribution is 2.62.